The van der Waals surface area contributed by atoms with Crippen LogP contribution in [-0.2, 0) is 0 Å². The second-order valence-electron chi connectivity index (χ2n) is 3.76. The van der Waals surface area contributed by atoms with Gasteiger partial charge in [0.2, 0.25) is 5.95 Å². The number of benzene rings is 1. The van der Waals surface area contributed by atoms with Crippen LogP contribution in [0.4, 0.5) is 26.2 Å². The third-order valence-electron chi connectivity index (χ3n) is 2.32. The number of hydrogen-bond acceptors (Lipinski definition) is 4. The van der Waals surface area contributed by atoms with Crippen molar-refractivity contribution >= 4 is 17.5 Å². The lowest BCUT2D eigenvalue weighted by Gasteiger charge is -2.09. The molecular formula is C12H12F2N4. The minimum atomic E-state index is -0.641. The van der Waals surface area contributed by atoms with Crippen LogP contribution in [0.5, 0.6) is 0 Å². The van der Waals surface area contributed by atoms with E-state index in [0.717, 1.165) is 11.6 Å². The highest BCUT2D eigenvalue weighted by molar-refractivity contribution is 5.60. The van der Waals surface area contributed by atoms with Crippen molar-refractivity contribution in [3.63, 3.8) is 0 Å². The summed E-state index contributed by atoms with van der Waals surface area (Å²) in [5, 5.41) is 5.65. The van der Waals surface area contributed by atoms with Gasteiger partial charge in [0.05, 0.1) is 0 Å². The minimum absolute atomic E-state index is 0.302. The summed E-state index contributed by atoms with van der Waals surface area (Å²) in [6.45, 7) is 1.80. The van der Waals surface area contributed by atoms with Gasteiger partial charge < -0.3 is 10.6 Å². The summed E-state index contributed by atoms with van der Waals surface area (Å²) < 4.78 is 26.1. The van der Waals surface area contributed by atoms with Crippen LogP contribution in [-0.4, -0.2) is 17.0 Å². The van der Waals surface area contributed by atoms with Crippen LogP contribution < -0.4 is 10.6 Å². The number of hydrogen-bond donors (Lipinski definition) is 2. The average Bonchev–Trinajstić information content (AvgIpc) is 2.30. The van der Waals surface area contributed by atoms with E-state index >= 15 is 0 Å². The van der Waals surface area contributed by atoms with Crippen LogP contribution in [0, 0.1) is 18.6 Å². The van der Waals surface area contributed by atoms with Crippen LogP contribution in [0.15, 0.2) is 24.4 Å². The molecule has 0 spiro atoms. The first-order chi connectivity index (χ1) is 8.58. The SMILES string of the molecule is CNc1ncc(C)c(Nc2cc(F)cc(F)c2)n1. The molecule has 0 fully saturated rings. The number of nitrogens with one attached hydrogen (secondary N) is 2. The maximum atomic E-state index is 13.1. The van der Waals surface area contributed by atoms with Gasteiger partial charge in [0.1, 0.15) is 17.5 Å². The molecule has 0 radical (unpaired) electrons. The molecule has 0 atom stereocenters. The molecule has 6 heteroatoms. The molecule has 1 aromatic carbocycles. The van der Waals surface area contributed by atoms with E-state index in [9.17, 15) is 8.78 Å². The lowest BCUT2D eigenvalue weighted by Crippen LogP contribution is -2.02. The van der Waals surface area contributed by atoms with Crippen molar-refractivity contribution in [3.8, 4) is 0 Å². The number of halogens is 2. The fraction of sp³-hybridized carbons (Fsp3) is 0.167. The topological polar surface area (TPSA) is 49.8 Å². The van der Waals surface area contributed by atoms with Crippen LogP contribution in [0.2, 0.25) is 0 Å². The Balaban J connectivity index is 2.33. The van der Waals surface area contributed by atoms with E-state index in [1.807, 2.05) is 0 Å². The van der Waals surface area contributed by atoms with E-state index in [0.29, 0.717) is 17.5 Å². The number of aryl methyl sites for hydroxylation is 1. The maximum Gasteiger partial charge on any atom is 0.224 e. The van der Waals surface area contributed by atoms with Gasteiger partial charge in [0, 0.05) is 30.6 Å². The first-order valence-corrected chi connectivity index (χ1v) is 5.33. The van der Waals surface area contributed by atoms with Crippen LogP contribution >= 0.6 is 0 Å². The Morgan fingerprint density at radius 3 is 2.39 bits per heavy atom. The molecule has 0 aliphatic heterocycles. The van der Waals surface area contributed by atoms with E-state index in [-0.39, 0.29) is 0 Å². The molecule has 2 N–H and O–H groups in total. The molecule has 1 heterocycles. The molecule has 0 bridgehead atoms. The van der Waals surface area contributed by atoms with Crippen molar-refractivity contribution in [3.05, 3.63) is 41.6 Å². The smallest absolute Gasteiger partial charge is 0.224 e. The van der Waals surface area contributed by atoms with Gasteiger partial charge in [-0.15, -0.1) is 0 Å². The summed E-state index contributed by atoms with van der Waals surface area (Å²) in [7, 11) is 1.69. The van der Waals surface area contributed by atoms with E-state index < -0.39 is 11.6 Å². The first-order valence-electron chi connectivity index (χ1n) is 5.33. The molecule has 18 heavy (non-hydrogen) atoms. The molecule has 0 saturated carbocycles. The molecular weight excluding hydrogens is 238 g/mol. The Morgan fingerprint density at radius 2 is 1.78 bits per heavy atom. The fourth-order valence-electron chi connectivity index (χ4n) is 1.45. The van der Waals surface area contributed by atoms with E-state index in [1.165, 1.54) is 12.1 Å². The second-order valence-corrected chi connectivity index (χ2v) is 3.76. The molecule has 0 saturated heterocycles. The highest BCUT2D eigenvalue weighted by Gasteiger charge is 2.05. The summed E-state index contributed by atoms with van der Waals surface area (Å²) in [6, 6.07) is 3.21. The van der Waals surface area contributed by atoms with Gasteiger partial charge in [0.15, 0.2) is 0 Å². The summed E-state index contributed by atoms with van der Waals surface area (Å²) in [6.07, 6.45) is 1.62. The third kappa shape index (κ3) is 2.71. The Hall–Kier alpha value is -2.24. The van der Waals surface area contributed by atoms with Crippen molar-refractivity contribution in [1.29, 1.82) is 0 Å². The molecule has 4 nitrogen and oxygen atoms in total. The zero-order valence-electron chi connectivity index (χ0n) is 9.96. The van der Waals surface area contributed by atoms with Crippen LogP contribution in [0.3, 0.4) is 0 Å². The fourth-order valence-corrected chi connectivity index (χ4v) is 1.45. The second kappa shape index (κ2) is 4.95. The van der Waals surface area contributed by atoms with Gasteiger partial charge in [-0.2, -0.15) is 4.98 Å². The largest absolute Gasteiger partial charge is 0.357 e. The van der Waals surface area contributed by atoms with Crippen molar-refractivity contribution < 1.29 is 8.78 Å². The average molecular weight is 250 g/mol. The van der Waals surface area contributed by atoms with Crippen molar-refractivity contribution in [2.75, 3.05) is 17.7 Å². The van der Waals surface area contributed by atoms with Gasteiger partial charge >= 0.3 is 0 Å². The molecule has 0 aliphatic carbocycles. The molecule has 0 aliphatic rings. The Morgan fingerprint density at radius 1 is 1.11 bits per heavy atom. The van der Waals surface area contributed by atoms with Gasteiger partial charge in [0.25, 0.3) is 0 Å². The Labute approximate surface area is 103 Å². The molecule has 2 aromatic rings. The van der Waals surface area contributed by atoms with Crippen LogP contribution in [0.1, 0.15) is 5.56 Å². The van der Waals surface area contributed by atoms with E-state index in [1.54, 1.807) is 20.2 Å². The van der Waals surface area contributed by atoms with Gasteiger partial charge in [-0.05, 0) is 19.1 Å². The normalized spacial score (nSPS) is 10.2. The number of anilines is 3. The predicted octanol–water partition coefficient (Wildman–Crippen LogP) is 2.85. The first kappa shape index (κ1) is 12.2. The van der Waals surface area contributed by atoms with E-state index in [2.05, 4.69) is 20.6 Å². The van der Waals surface area contributed by atoms with Gasteiger partial charge in [-0.1, -0.05) is 0 Å². The van der Waals surface area contributed by atoms with Crippen molar-refractivity contribution in [2.45, 2.75) is 6.92 Å². The number of nitrogens with zero attached hydrogens (tertiary/aromatic N) is 2. The molecule has 94 valence electrons. The third-order valence-corrected chi connectivity index (χ3v) is 2.32. The van der Waals surface area contributed by atoms with Gasteiger partial charge in [-0.25, -0.2) is 13.8 Å². The molecule has 1 aromatic heterocycles. The summed E-state index contributed by atoms with van der Waals surface area (Å²) in [4.78, 5) is 8.19. The molecule has 0 amide bonds. The van der Waals surface area contributed by atoms with Crippen molar-refractivity contribution in [2.24, 2.45) is 0 Å². The lowest BCUT2D eigenvalue weighted by molar-refractivity contribution is 0.584. The Bertz CT molecular complexity index is 552. The van der Waals surface area contributed by atoms with Gasteiger partial charge in [-0.3, -0.25) is 0 Å². The standard InChI is InChI=1S/C12H12F2N4/c1-7-6-16-12(15-2)18-11(7)17-10-4-8(13)3-9(14)5-10/h3-6H,1-2H3,(H2,15,16,17,18). The number of aromatic nitrogens is 2. The zero-order chi connectivity index (χ0) is 13.1. The molecule has 0 unspecified atom stereocenters. The Kier molecular flexibility index (Phi) is 3.36. The molecule has 2 rings (SSSR count). The van der Waals surface area contributed by atoms with E-state index in [4.69, 9.17) is 0 Å². The summed E-state index contributed by atoms with van der Waals surface area (Å²) in [5.74, 6) is -0.351. The quantitative estimate of drug-likeness (QED) is 0.879. The predicted molar refractivity (Wildman–Crippen MR) is 66.0 cm³/mol. The van der Waals surface area contributed by atoms with Crippen LogP contribution in [0.25, 0.3) is 0 Å². The monoisotopic (exact) mass is 250 g/mol. The number of rotatable bonds is 3. The minimum Gasteiger partial charge on any atom is -0.357 e. The summed E-state index contributed by atoms with van der Waals surface area (Å²) >= 11 is 0. The highest BCUT2D eigenvalue weighted by Crippen LogP contribution is 2.20. The maximum absolute atomic E-state index is 13.1. The zero-order valence-corrected chi connectivity index (χ0v) is 9.96. The van der Waals surface area contributed by atoms with Crippen molar-refractivity contribution in [1.82, 2.24) is 9.97 Å². The lowest BCUT2D eigenvalue weighted by atomic mass is 10.2. The summed E-state index contributed by atoms with van der Waals surface area (Å²) in [5.41, 5.74) is 1.08. The highest BCUT2D eigenvalue weighted by atomic mass is 19.1.